The van der Waals surface area contributed by atoms with Crippen molar-refractivity contribution in [1.29, 1.82) is 0 Å². The van der Waals surface area contributed by atoms with Gasteiger partial charge in [0, 0.05) is 6.61 Å². The fraction of sp³-hybridized carbons (Fsp3) is 0.364. The predicted molar refractivity (Wildman–Crippen MR) is 67.8 cm³/mol. The highest BCUT2D eigenvalue weighted by Gasteiger charge is 2.18. The number of ether oxygens (including phenoxy) is 1. The van der Waals surface area contributed by atoms with Crippen molar-refractivity contribution in [2.24, 2.45) is 0 Å². The smallest absolute Gasteiger partial charge is 0.319 e. The molecule has 1 heterocycles. The summed E-state index contributed by atoms with van der Waals surface area (Å²) in [5.41, 5.74) is 0.496. The molecule has 1 aromatic rings. The average Bonchev–Trinajstić information content (AvgIpc) is 2.77. The van der Waals surface area contributed by atoms with Crippen LogP contribution < -0.4 is 10.6 Å². The van der Waals surface area contributed by atoms with Crippen molar-refractivity contribution in [1.82, 2.24) is 5.32 Å². The number of nitrogens with one attached hydrogen (secondary N) is 2. The molecule has 0 spiro atoms. The number of hydrogen-bond acceptors (Lipinski definition) is 2. The van der Waals surface area contributed by atoms with Crippen LogP contribution in [0.25, 0.3) is 0 Å². The van der Waals surface area contributed by atoms with E-state index in [1.165, 1.54) is 0 Å². The summed E-state index contributed by atoms with van der Waals surface area (Å²) in [4.78, 5) is 11.7. The van der Waals surface area contributed by atoms with E-state index >= 15 is 0 Å². The maximum atomic E-state index is 11.7. The topological polar surface area (TPSA) is 50.4 Å². The Kier molecular flexibility index (Phi) is 4.10. The van der Waals surface area contributed by atoms with Crippen LogP contribution in [0.5, 0.6) is 0 Å². The molecule has 1 unspecified atom stereocenters. The van der Waals surface area contributed by atoms with Crippen LogP contribution in [-0.4, -0.2) is 25.3 Å². The molecule has 0 aliphatic carbocycles. The minimum atomic E-state index is -0.301. The fourth-order valence-electron chi connectivity index (χ4n) is 1.59. The number of urea groups is 1. The summed E-state index contributed by atoms with van der Waals surface area (Å²) in [5, 5.41) is 6.20. The van der Waals surface area contributed by atoms with E-state index in [1.54, 1.807) is 18.2 Å². The molecule has 92 valence electrons. The summed E-state index contributed by atoms with van der Waals surface area (Å²) in [6.45, 7) is 1.24. The quantitative estimate of drug-likeness (QED) is 0.871. The van der Waals surface area contributed by atoms with E-state index in [2.05, 4.69) is 10.6 Å². The molecule has 1 aromatic carbocycles. The Morgan fingerprint density at radius 2 is 2.24 bits per heavy atom. The first-order chi connectivity index (χ1) is 8.16. The zero-order valence-corrected chi connectivity index (χ0v) is 10.5. The lowest BCUT2D eigenvalue weighted by Gasteiger charge is -2.13. The van der Waals surface area contributed by atoms with E-state index < -0.39 is 0 Å². The molecular formula is C11H12Cl2N2O2. The summed E-state index contributed by atoms with van der Waals surface area (Å²) in [6, 6.07) is 4.84. The molecule has 0 saturated carbocycles. The molecule has 0 bridgehead atoms. The number of anilines is 1. The van der Waals surface area contributed by atoms with E-state index in [-0.39, 0.29) is 12.1 Å². The highest BCUT2D eigenvalue weighted by atomic mass is 35.5. The van der Waals surface area contributed by atoms with Gasteiger partial charge in [-0.05, 0) is 18.6 Å². The molecule has 0 radical (unpaired) electrons. The Hall–Kier alpha value is -0.970. The first kappa shape index (κ1) is 12.5. The summed E-state index contributed by atoms with van der Waals surface area (Å²) in [5.74, 6) is 0. The Morgan fingerprint density at radius 3 is 2.94 bits per heavy atom. The molecule has 1 aliphatic heterocycles. The molecule has 0 aromatic heterocycles. The summed E-state index contributed by atoms with van der Waals surface area (Å²) in [7, 11) is 0. The van der Waals surface area contributed by atoms with Crippen molar-refractivity contribution in [3.63, 3.8) is 0 Å². The van der Waals surface area contributed by atoms with Gasteiger partial charge >= 0.3 is 6.03 Å². The van der Waals surface area contributed by atoms with Crippen molar-refractivity contribution < 1.29 is 9.53 Å². The number of carbonyl (C=O) groups is 1. The van der Waals surface area contributed by atoms with Gasteiger partial charge in [0.25, 0.3) is 0 Å². The van der Waals surface area contributed by atoms with E-state index in [1.807, 2.05) is 0 Å². The number of hydrogen-bond donors (Lipinski definition) is 2. The molecule has 1 aliphatic rings. The Balaban J connectivity index is 1.95. The van der Waals surface area contributed by atoms with Crippen molar-refractivity contribution in [3.8, 4) is 0 Å². The third kappa shape index (κ3) is 3.25. The minimum Gasteiger partial charge on any atom is -0.379 e. The SMILES string of the molecule is O=C(Nc1cccc(Cl)c1Cl)NC1CCOC1. The molecule has 2 rings (SSSR count). The van der Waals surface area contributed by atoms with Crippen LogP contribution in [0.2, 0.25) is 10.0 Å². The molecular weight excluding hydrogens is 263 g/mol. The Labute approximate surface area is 109 Å². The first-order valence-corrected chi connectivity index (χ1v) is 6.01. The fourth-order valence-corrected chi connectivity index (χ4v) is 1.94. The van der Waals surface area contributed by atoms with Crippen LogP contribution in [-0.2, 0) is 4.74 Å². The molecule has 6 heteroatoms. The lowest BCUT2D eigenvalue weighted by molar-refractivity contribution is 0.189. The third-order valence-electron chi connectivity index (χ3n) is 2.46. The number of halogens is 2. The second-order valence-corrected chi connectivity index (χ2v) is 4.55. The van der Waals surface area contributed by atoms with Gasteiger partial charge < -0.3 is 15.4 Å². The van der Waals surface area contributed by atoms with Gasteiger partial charge in [-0.15, -0.1) is 0 Å². The Morgan fingerprint density at radius 1 is 1.41 bits per heavy atom. The van der Waals surface area contributed by atoms with Crippen molar-refractivity contribution in [2.75, 3.05) is 18.5 Å². The molecule has 2 amide bonds. The second-order valence-electron chi connectivity index (χ2n) is 3.76. The van der Waals surface area contributed by atoms with E-state index in [0.29, 0.717) is 28.9 Å². The molecule has 1 fully saturated rings. The first-order valence-electron chi connectivity index (χ1n) is 5.26. The predicted octanol–water partition coefficient (Wildman–Crippen LogP) is 2.90. The van der Waals surface area contributed by atoms with Crippen molar-refractivity contribution in [3.05, 3.63) is 28.2 Å². The van der Waals surface area contributed by atoms with E-state index in [0.717, 1.165) is 6.42 Å². The van der Waals surface area contributed by atoms with E-state index in [9.17, 15) is 4.79 Å². The molecule has 1 saturated heterocycles. The molecule has 4 nitrogen and oxygen atoms in total. The highest BCUT2D eigenvalue weighted by molar-refractivity contribution is 6.43. The van der Waals surface area contributed by atoms with Gasteiger partial charge in [-0.25, -0.2) is 4.79 Å². The molecule has 17 heavy (non-hydrogen) atoms. The van der Waals surface area contributed by atoms with Gasteiger partial charge in [-0.2, -0.15) is 0 Å². The Bertz CT molecular complexity index is 420. The average molecular weight is 275 g/mol. The van der Waals surface area contributed by atoms with Gasteiger partial charge in [-0.1, -0.05) is 29.3 Å². The van der Waals surface area contributed by atoms with Crippen LogP contribution in [0.15, 0.2) is 18.2 Å². The summed E-state index contributed by atoms with van der Waals surface area (Å²) < 4.78 is 5.16. The lowest BCUT2D eigenvalue weighted by Crippen LogP contribution is -2.38. The van der Waals surface area contributed by atoms with E-state index in [4.69, 9.17) is 27.9 Å². The van der Waals surface area contributed by atoms with Crippen LogP contribution in [0.1, 0.15) is 6.42 Å². The molecule has 1 atom stereocenters. The largest absolute Gasteiger partial charge is 0.379 e. The van der Waals surface area contributed by atoms with Gasteiger partial charge in [0.1, 0.15) is 0 Å². The number of amides is 2. The second kappa shape index (κ2) is 5.58. The van der Waals surface area contributed by atoms with Gasteiger partial charge in [0.2, 0.25) is 0 Å². The zero-order chi connectivity index (χ0) is 12.3. The van der Waals surface area contributed by atoms with Crippen LogP contribution in [0, 0.1) is 0 Å². The van der Waals surface area contributed by atoms with Crippen LogP contribution in [0.3, 0.4) is 0 Å². The van der Waals surface area contributed by atoms with Crippen LogP contribution in [0.4, 0.5) is 10.5 Å². The maximum absolute atomic E-state index is 11.7. The number of rotatable bonds is 2. The minimum absolute atomic E-state index is 0.0629. The third-order valence-corrected chi connectivity index (χ3v) is 3.28. The van der Waals surface area contributed by atoms with Crippen molar-refractivity contribution in [2.45, 2.75) is 12.5 Å². The normalized spacial score (nSPS) is 19.1. The van der Waals surface area contributed by atoms with Gasteiger partial charge in [-0.3, -0.25) is 0 Å². The number of carbonyl (C=O) groups excluding carboxylic acids is 1. The summed E-state index contributed by atoms with van der Waals surface area (Å²) in [6.07, 6.45) is 0.830. The monoisotopic (exact) mass is 274 g/mol. The zero-order valence-electron chi connectivity index (χ0n) is 9.00. The molecule has 2 N–H and O–H groups in total. The van der Waals surface area contributed by atoms with Crippen LogP contribution >= 0.6 is 23.2 Å². The maximum Gasteiger partial charge on any atom is 0.319 e. The van der Waals surface area contributed by atoms with Gasteiger partial charge in [0.05, 0.1) is 28.4 Å². The standard InChI is InChI=1S/C11H12Cl2N2O2/c12-8-2-1-3-9(10(8)13)15-11(16)14-7-4-5-17-6-7/h1-3,7H,4-6H2,(H2,14,15,16). The van der Waals surface area contributed by atoms with Crippen molar-refractivity contribution >= 4 is 34.9 Å². The number of benzene rings is 1. The van der Waals surface area contributed by atoms with Gasteiger partial charge in [0.15, 0.2) is 0 Å². The highest BCUT2D eigenvalue weighted by Crippen LogP contribution is 2.29. The lowest BCUT2D eigenvalue weighted by atomic mass is 10.3. The summed E-state index contributed by atoms with van der Waals surface area (Å²) >= 11 is 11.8.